The monoisotopic (exact) mass is 459 g/mol. The second-order valence-electron chi connectivity index (χ2n) is 10.3. The molecule has 0 N–H and O–H groups in total. The Morgan fingerprint density at radius 2 is 1.58 bits per heavy atom. The third kappa shape index (κ3) is 3.63. The summed E-state index contributed by atoms with van der Waals surface area (Å²) in [6.45, 7) is 2.05. The van der Waals surface area contributed by atoms with Gasteiger partial charge >= 0.3 is 0 Å². The zero-order valence-electron chi connectivity index (χ0n) is 19.1. The summed E-state index contributed by atoms with van der Waals surface area (Å²) in [5.41, 5.74) is 3.73. The summed E-state index contributed by atoms with van der Waals surface area (Å²) in [5.74, 6) is 1.11. The number of piperidine rings is 1. The quantitative estimate of drug-likeness (QED) is 0.609. The Kier molecular flexibility index (Phi) is 5.54. The zero-order chi connectivity index (χ0) is 22.4. The molecule has 0 aromatic heterocycles. The molecule has 2 saturated heterocycles. The Labute approximate surface area is 198 Å². The third-order valence-corrected chi connectivity index (χ3v) is 11.1. The van der Waals surface area contributed by atoms with Crippen molar-refractivity contribution in [1.29, 1.82) is 0 Å². The number of sulfone groups is 1. The molecular weight excluding hydrogens is 426 g/mol. The van der Waals surface area contributed by atoms with Crippen LogP contribution in [0.25, 0.3) is 0 Å². The Morgan fingerprint density at radius 3 is 2.39 bits per heavy atom. The summed E-state index contributed by atoms with van der Waals surface area (Å²) in [7, 11) is -3.24. The van der Waals surface area contributed by atoms with Crippen LogP contribution in [-0.4, -0.2) is 37.7 Å². The van der Waals surface area contributed by atoms with Crippen LogP contribution in [0.1, 0.15) is 53.5 Å². The predicted octanol–water partition coefficient (Wildman–Crippen LogP) is 5.47. The minimum atomic E-state index is -3.24. The van der Waals surface area contributed by atoms with Gasteiger partial charge in [-0.2, -0.15) is 0 Å². The van der Waals surface area contributed by atoms with E-state index in [1.54, 1.807) is 0 Å². The summed E-state index contributed by atoms with van der Waals surface area (Å²) in [6, 6.07) is 18.8. The molecule has 0 radical (unpaired) electrons. The van der Waals surface area contributed by atoms with E-state index < -0.39 is 15.1 Å². The average molecular weight is 460 g/mol. The van der Waals surface area contributed by atoms with Gasteiger partial charge in [-0.15, -0.1) is 0 Å². The number of nitrogens with zero attached hydrogens (tertiary/aromatic N) is 1. The minimum absolute atomic E-state index is 0.0911. The van der Waals surface area contributed by atoms with Crippen molar-refractivity contribution in [2.24, 2.45) is 11.8 Å². The van der Waals surface area contributed by atoms with Gasteiger partial charge in [0.1, 0.15) is 5.25 Å². The highest BCUT2D eigenvalue weighted by atomic mass is 32.2. The SMILES string of the molecule is O=S1(=O)C(C[C@@H]2c3ccccc3CC3C=CC=CC32)C(N2CCCCC2)C1c1ccccc1. The molecule has 2 aromatic carbocycles. The van der Waals surface area contributed by atoms with E-state index in [4.69, 9.17) is 0 Å². The van der Waals surface area contributed by atoms with Crippen LogP contribution in [0.3, 0.4) is 0 Å². The van der Waals surface area contributed by atoms with Crippen molar-refractivity contribution in [3.63, 3.8) is 0 Å². The van der Waals surface area contributed by atoms with Crippen molar-refractivity contribution in [3.8, 4) is 0 Å². The van der Waals surface area contributed by atoms with Crippen LogP contribution in [0.4, 0.5) is 0 Å². The van der Waals surface area contributed by atoms with Gasteiger partial charge in [0.2, 0.25) is 0 Å². The summed E-state index contributed by atoms with van der Waals surface area (Å²) in [6.07, 6.45) is 14.4. The fraction of sp³-hybridized carbons (Fsp3) is 0.448. The van der Waals surface area contributed by atoms with Crippen molar-refractivity contribution in [2.75, 3.05) is 13.1 Å². The maximum absolute atomic E-state index is 13.9. The van der Waals surface area contributed by atoms with Crippen molar-refractivity contribution in [2.45, 2.75) is 54.6 Å². The van der Waals surface area contributed by atoms with Gasteiger partial charge in [-0.3, -0.25) is 4.90 Å². The molecule has 5 unspecified atom stereocenters. The molecule has 172 valence electrons. The van der Waals surface area contributed by atoms with E-state index in [1.807, 2.05) is 30.3 Å². The Bertz CT molecular complexity index is 1160. The molecule has 6 rings (SSSR count). The highest BCUT2D eigenvalue weighted by molar-refractivity contribution is 7.93. The lowest BCUT2D eigenvalue weighted by Crippen LogP contribution is -2.63. The van der Waals surface area contributed by atoms with Crippen LogP contribution in [0.5, 0.6) is 0 Å². The molecule has 0 spiro atoms. The first-order valence-corrected chi connectivity index (χ1v) is 14.2. The molecule has 33 heavy (non-hydrogen) atoms. The Morgan fingerprint density at radius 1 is 0.848 bits per heavy atom. The highest BCUT2D eigenvalue weighted by Gasteiger charge is 2.59. The summed E-state index contributed by atoms with van der Waals surface area (Å²) < 4.78 is 27.8. The Balaban J connectivity index is 1.38. The number of likely N-dealkylation sites (tertiary alicyclic amines) is 1. The average Bonchev–Trinajstić information content (AvgIpc) is 2.86. The largest absolute Gasteiger partial charge is 0.297 e. The van der Waals surface area contributed by atoms with Crippen molar-refractivity contribution in [1.82, 2.24) is 4.90 Å². The normalized spacial score (nSPS) is 34.8. The molecule has 3 nitrogen and oxygen atoms in total. The first-order chi connectivity index (χ1) is 16.1. The van der Waals surface area contributed by atoms with Crippen molar-refractivity contribution in [3.05, 3.63) is 95.6 Å². The van der Waals surface area contributed by atoms with Crippen LogP contribution in [-0.2, 0) is 16.3 Å². The molecule has 2 aromatic rings. The zero-order valence-corrected chi connectivity index (χ0v) is 19.9. The van der Waals surface area contributed by atoms with Crippen molar-refractivity contribution >= 4 is 9.84 Å². The second-order valence-corrected chi connectivity index (χ2v) is 12.6. The maximum Gasteiger partial charge on any atom is 0.163 e. The molecular formula is C29H33NO2S. The van der Waals surface area contributed by atoms with Crippen LogP contribution in [0, 0.1) is 11.8 Å². The van der Waals surface area contributed by atoms with Crippen LogP contribution >= 0.6 is 0 Å². The third-order valence-electron chi connectivity index (χ3n) is 8.57. The molecule has 4 aliphatic rings. The minimum Gasteiger partial charge on any atom is -0.297 e. The summed E-state index contributed by atoms with van der Waals surface area (Å²) >= 11 is 0. The molecule has 2 aliphatic heterocycles. The van der Waals surface area contributed by atoms with Gasteiger partial charge in [-0.05, 0) is 73.2 Å². The van der Waals surface area contributed by atoms with Crippen LogP contribution in [0.15, 0.2) is 78.9 Å². The van der Waals surface area contributed by atoms with Gasteiger partial charge in [-0.25, -0.2) is 8.42 Å². The van der Waals surface area contributed by atoms with E-state index >= 15 is 0 Å². The van der Waals surface area contributed by atoms with E-state index in [9.17, 15) is 8.42 Å². The van der Waals surface area contributed by atoms with Gasteiger partial charge in [0, 0.05) is 6.04 Å². The van der Waals surface area contributed by atoms with E-state index in [1.165, 1.54) is 30.4 Å². The number of hydrogen-bond donors (Lipinski definition) is 0. The van der Waals surface area contributed by atoms with E-state index in [2.05, 4.69) is 53.5 Å². The lowest BCUT2D eigenvalue weighted by molar-refractivity contribution is 0.127. The standard InChI is InChI=1S/C29H33NO2S/c31-33(32)27(28(30-17-9-2-10-18-30)29(33)21-11-3-1-4-12-21)20-26-24-15-7-5-13-22(24)19-23-14-6-8-16-25(23)26/h1,3-8,11-16,22,24,26-29H,2,9-10,17-20H2/t22?,24?,26-,27?,28?,29?/m0/s1. The number of rotatable bonds is 4. The lowest BCUT2D eigenvalue weighted by atomic mass is 9.66. The molecule has 6 atom stereocenters. The van der Waals surface area contributed by atoms with Gasteiger partial charge in [0.15, 0.2) is 9.84 Å². The molecule has 2 aliphatic carbocycles. The second kappa shape index (κ2) is 8.56. The number of allylic oxidation sites excluding steroid dienone is 4. The summed E-state index contributed by atoms with van der Waals surface area (Å²) in [5, 5.41) is -0.685. The molecule has 2 heterocycles. The molecule has 0 bridgehead atoms. The highest BCUT2D eigenvalue weighted by Crippen LogP contribution is 2.53. The molecule has 0 amide bonds. The fourth-order valence-electron chi connectivity index (χ4n) is 7.01. The molecule has 2 fully saturated rings. The first-order valence-electron chi connectivity index (χ1n) is 12.6. The Hall–Kier alpha value is -2.17. The van der Waals surface area contributed by atoms with Gasteiger partial charge in [-0.1, -0.05) is 85.3 Å². The van der Waals surface area contributed by atoms with E-state index in [-0.39, 0.29) is 17.2 Å². The first kappa shape index (κ1) is 21.4. The van der Waals surface area contributed by atoms with Gasteiger partial charge < -0.3 is 0 Å². The molecule has 4 heteroatoms. The van der Waals surface area contributed by atoms with Crippen LogP contribution in [0.2, 0.25) is 0 Å². The fourth-order valence-corrected chi connectivity index (χ4v) is 9.60. The van der Waals surface area contributed by atoms with Gasteiger partial charge in [0.05, 0.1) is 5.25 Å². The van der Waals surface area contributed by atoms with Crippen LogP contribution < -0.4 is 0 Å². The lowest BCUT2D eigenvalue weighted by Gasteiger charge is -2.52. The topological polar surface area (TPSA) is 37.4 Å². The number of hydrogen-bond acceptors (Lipinski definition) is 3. The predicted molar refractivity (Wildman–Crippen MR) is 134 cm³/mol. The smallest absolute Gasteiger partial charge is 0.163 e. The van der Waals surface area contributed by atoms with E-state index in [0.29, 0.717) is 11.8 Å². The van der Waals surface area contributed by atoms with E-state index in [0.717, 1.165) is 31.5 Å². The molecule has 0 saturated carbocycles. The summed E-state index contributed by atoms with van der Waals surface area (Å²) in [4.78, 5) is 2.51. The maximum atomic E-state index is 13.9. The number of fused-ring (bicyclic) bond motifs is 2. The van der Waals surface area contributed by atoms with Crippen molar-refractivity contribution < 1.29 is 8.42 Å². The van der Waals surface area contributed by atoms with Gasteiger partial charge in [0.25, 0.3) is 0 Å². The number of benzene rings is 2.